The van der Waals surface area contributed by atoms with Gasteiger partial charge < -0.3 is 10.0 Å². The van der Waals surface area contributed by atoms with Crippen LogP contribution >= 0.6 is 0 Å². The molecule has 7 heteroatoms. The molecule has 2 aliphatic heterocycles. The molecule has 2 aliphatic rings. The Balaban J connectivity index is 2.53. The third kappa shape index (κ3) is 1.03. The Labute approximate surface area is 92.6 Å². The summed E-state index contributed by atoms with van der Waals surface area (Å²) in [6, 6.07) is 0. The number of nitrogens with zero attached hydrogens (tertiary/aromatic N) is 3. The van der Waals surface area contributed by atoms with Gasteiger partial charge in [-0.3, -0.25) is 20.4 Å². The second kappa shape index (κ2) is 3.18. The first-order valence-corrected chi connectivity index (χ1v) is 5.14. The fraction of sp³-hybridized carbons (Fsp3) is 0.667. The van der Waals surface area contributed by atoms with Crippen LogP contribution in [0.3, 0.4) is 0 Å². The van der Waals surface area contributed by atoms with Gasteiger partial charge >= 0.3 is 5.70 Å². The summed E-state index contributed by atoms with van der Waals surface area (Å²) < 4.78 is 0. The average Bonchev–Trinajstić information content (AvgIpc) is 2.63. The van der Waals surface area contributed by atoms with Crippen LogP contribution < -0.4 is 0 Å². The van der Waals surface area contributed by atoms with Crippen molar-refractivity contribution >= 4 is 5.84 Å². The molecule has 1 fully saturated rings. The summed E-state index contributed by atoms with van der Waals surface area (Å²) in [5.41, 5.74) is -1.38. The molecule has 0 aromatic heterocycles. The van der Waals surface area contributed by atoms with Gasteiger partial charge in [0.25, 0.3) is 0 Å². The highest BCUT2D eigenvalue weighted by Gasteiger charge is 2.58. The largest absolute Gasteiger partial charge is 0.503 e. The third-order valence-electron chi connectivity index (χ3n) is 3.47. The fourth-order valence-electron chi connectivity index (χ4n) is 2.54. The van der Waals surface area contributed by atoms with Crippen LogP contribution in [0.5, 0.6) is 0 Å². The molecule has 0 spiro atoms. The summed E-state index contributed by atoms with van der Waals surface area (Å²) >= 11 is 0. The van der Waals surface area contributed by atoms with Gasteiger partial charge in [0.05, 0.1) is 4.92 Å². The molecule has 0 aromatic rings. The first-order valence-electron chi connectivity index (χ1n) is 5.14. The van der Waals surface area contributed by atoms with E-state index in [9.17, 15) is 15.2 Å². The smallest absolute Gasteiger partial charge is 0.351 e. The van der Waals surface area contributed by atoms with E-state index < -0.39 is 16.3 Å². The number of fused-ring (bicyclic) bond motifs is 1. The average molecular weight is 226 g/mol. The van der Waals surface area contributed by atoms with Crippen molar-refractivity contribution in [1.29, 1.82) is 5.41 Å². The lowest BCUT2D eigenvalue weighted by Crippen LogP contribution is -2.50. The molecule has 88 valence electrons. The third-order valence-corrected chi connectivity index (χ3v) is 3.47. The minimum Gasteiger partial charge on any atom is -0.503 e. The van der Waals surface area contributed by atoms with Gasteiger partial charge in [-0.1, -0.05) is 6.92 Å². The molecular formula is C9H14N4O3. The van der Waals surface area contributed by atoms with E-state index in [1.807, 2.05) is 11.8 Å². The van der Waals surface area contributed by atoms with E-state index in [1.165, 1.54) is 0 Å². The second-order valence-electron chi connectivity index (χ2n) is 4.06. The van der Waals surface area contributed by atoms with Crippen LogP contribution in [-0.2, 0) is 0 Å². The molecule has 1 unspecified atom stereocenters. The van der Waals surface area contributed by atoms with E-state index in [4.69, 9.17) is 5.41 Å². The van der Waals surface area contributed by atoms with Crippen molar-refractivity contribution in [3.63, 3.8) is 0 Å². The Bertz CT molecular complexity index is 406. The Hall–Kier alpha value is -1.63. The first kappa shape index (κ1) is 10.9. The van der Waals surface area contributed by atoms with Gasteiger partial charge in [-0.05, 0) is 13.5 Å². The van der Waals surface area contributed by atoms with Crippen LogP contribution in [0, 0.1) is 15.5 Å². The lowest BCUT2D eigenvalue weighted by molar-refractivity contribution is -0.418. The zero-order valence-electron chi connectivity index (χ0n) is 9.23. The monoisotopic (exact) mass is 226 g/mol. The van der Waals surface area contributed by atoms with Gasteiger partial charge in [-0.15, -0.1) is 0 Å². The predicted octanol–water partition coefficient (Wildman–Crippen LogP) is 0.377. The first-order chi connectivity index (χ1) is 7.44. The SMILES string of the molecule is CCN1CCN2C(=N)C([N+](=O)[O-])=C(O)C12C. The molecule has 2 rings (SSSR count). The molecule has 16 heavy (non-hydrogen) atoms. The van der Waals surface area contributed by atoms with Crippen LogP contribution in [-0.4, -0.2) is 51.0 Å². The Morgan fingerprint density at radius 1 is 1.62 bits per heavy atom. The van der Waals surface area contributed by atoms with Crippen molar-refractivity contribution in [2.45, 2.75) is 19.5 Å². The number of nitro groups is 1. The fourth-order valence-corrected chi connectivity index (χ4v) is 2.54. The van der Waals surface area contributed by atoms with E-state index in [2.05, 4.69) is 0 Å². The lowest BCUT2D eigenvalue weighted by Gasteiger charge is -2.34. The topological polar surface area (TPSA) is 93.7 Å². The van der Waals surface area contributed by atoms with Crippen molar-refractivity contribution < 1.29 is 10.0 Å². The molecule has 2 N–H and O–H groups in total. The molecule has 0 bridgehead atoms. The van der Waals surface area contributed by atoms with Crippen molar-refractivity contribution in [1.82, 2.24) is 9.80 Å². The normalized spacial score (nSPS) is 30.1. The molecule has 7 nitrogen and oxygen atoms in total. The van der Waals surface area contributed by atoms with Crippen LogP contribution in [0.15, 0.2) is 11.5 Å². The Kier molecular flexibility index (Phi) is 2.16. The summed E-state index contributed by atoms with van der Waals surface area (Å²) in [4.78, 5) is 13.6. The molecule has 1 saturated heterocycles. The standard InChI is InChI=1S/C9H14N4O3/c1-3-11-4-5-12-8(10)6(13(15)16)7(14)9(11,12)2/h10,14H,3-5H2,1-2H3. The van der Waals surface area contributed by atoms with Crippen molar-refractivity contribution in [2.75, 3.05) is 19.6 Å². The summed E-state index contributed by atoms with van der Waals surface area (Å²) in [6.07, 6.45) is 0. The predicted molar refractivity (Wildman–Crippen MR) is 56.7 cm³/mol. The molecule has 1 atom stereocenters. The lowest BCUT2D eigenvalue weighted by atomic mass is 10.1. The summed E-state index contributed by atoms with van der Waals surface area (Å²) in [7, 11) is 0. The van der Waals surface area contributed by atoms with Crippen LogP contribution in [0.4, 0.5) is 0 Å². The zero-order valence-corrected chi connectivity index (χ0v) is 9.23. The number of rotatable bonds is 2. The van der Waals surface area contributed by atoms with Crippen molar-refractivity contribution in [2.24, 2.45) is 0 Å². The van der Waals surface area contributed by atoms with E-state index in [0.29, 0.717) is 19.6 Å². The maximum absolute atomic E-state index is 10.8. The maximum atomic E-state index is 10.8. The number of nitrogens with one attached hydrogen (secondary N) is 1. The quantitative estimate of drug-likeness (QED) is 0.524. The molecule has 0 saturated carbocycles. The number of aliphatic hydroxyl groups is 1. The van der Waals surface area contributed by atoms with Gasteiger partial charge in [0.2, 0.25) is 11.6 Å². The van der Waals surface area contributed by atoms with Crippen molar-refractivity contribution in [3.05, 3.63) is 21.6 Å². The number of amidine groups is 1. The number of hydrogen-bond donors (Lipinski definition) is 2. The molecule has 0 aliphatic carbocycles. The highest BCUT2D eigenvalue weighted by molar-refractivity contribution is 5.98. The van der Waals surface area contributed by atoms with Crippen LogP contribution in [0.2, 0.25) is 0 Å². The highest BCUT2D eigenvalue weighted by atomic mass is 16.6. The number of aliphatic hydroxyl groups excluding tert-OH is 1. The Morgan fingerprint density at radius 2 is 2.25 bits per heavy atom. The van der Waals surface area contributed by atoms with E-state index in [-0.39, 0.29) is 11.6 Å². The highest BCUT2D eigenvalue weighted by Crippen LogP contribution is 2.40. The van der Waals surface area contributed by atoms with E-state index >= 15 is 0 Å². The zero-order chi connectivity index (χ0) is 12.1. The summed E-state index contributed by atoms with van der Waals surface area (Å²) in [6.45, 7) is 5.55. The summed E-state index contributed by atoms with van der Waals surface area (Å²) in [5.74, 6) is -0.511. The van der Waals surface area contributed by atoms with Crippen LogP contribution in [0.1, 0.15) is 13.8 Å². The van der Waals surface area contributed by atoms with Crippen molar-refractivity contribution in [3.8, 4) is 0 Å². The molecule has 2 heterocycles. The van der Waals surface area contributed by atoms with Gasteiger partial charge in [-0.25, -0.2) is 0 Å². The van der Waals surface area contributed by atoms with E-state index in [1.54, 1.807) is 11.8 Å². The summed E-state index contributed by atoms with van der Waals surface area (Å²) in [5, 5.41) is 28.5. The van der Waals surface area contributed by atoms with Gasteiger partial charge in [0.1, 0.15) is 0 Å². The molecule has 0 aromatic carbocycles. The maximum Gasteiger partial charge on any atom is 0.351 e. The minimum absolute atomic E-state index is 0.194. The van der Waals surface area contributed by atoms with Gasteiger partial charge in [0.15, 0.2) is 5.66 Å². The molecule has 0 amide bonds. The number of likely N-dealkylation sites (N-methyl/N-ethyl adjacent to an activating group) is 1. The second-order valence-corrected chi connectivity index (χ2v) is 4.06. The molecular weight excluding hydrogens is 212 g/mol. The minimum atomic E-state index is -0.908. The van der Waals surface area contributed by atoms with Crippen LogP contribution in [0.25, 0.3) is 0 Å². The molecule has 0 radical (unpaired) electrons. The Morgan fingerprint density at radius 3 is 2.75 bits per heavy atom. The van der Waals surface area contributed by atoms with Gasteiger partial charge in [0, 0.05) is 13.1 Å². The van der Waals surface area contributed by atoms with Gasteiger partial charge in [-0.2, -0.15) is 0 Å². The van der Waals surface area contributed by atoms with E-state index in [0.717, 1.165) is 0 Å². The number of hydrogen-bond acceptors (Lipinski definition) is 5.